The molecule has 0 amide bonds. The number of ether oxygens (including phenoxy) is 2. The Balaban J connectivity index is 0.786. The van der Waals surface area contributed by atoms with Crippen molar-refractivity contribution in [2.24, 2.45) is 0 Å². The lowest BCUT2D eigenvalue weighted by molar-refractivity contribution is 0.481. The van der Waals surface area contributed by atoms with Gasteiger partial charge in [0.05, 0.1) is 10.8 Å². The largest absolute Gasteiger partial charge is 0.457 e. The number of aryl methyl sites for hydroxylation is 2. The predicted molar refractivity (Wildman–Crippen MR) is 398 cm³/mol. The Morgan fingerprint density at radius 2 is 0.588 bits per heavy atom. The van der Waals surface area contributed by atoms with E-state index in [2.05, 4.69) is 13.2 Å². The molecule has 494 valence electrons. The quantitative estimate of drug-likeness (QED) is 0.0849. The SMILES string of the molecule is C=Cc1ccc(Oc2ccc(C3(c4c(F)cccc4F)c4ccccc4-c4ccc(N(c5ccc(-c6ccc(N(c7ccc(C)c(F)c7)c7ccc8c(c7)[C@](c7ccc(Oc9ccc(C=C)cc9)cc7)(c7c(F)cccc7F)c7ccccc7-8)cc6)cc5)c5ccc(C)c(F)c5)cc43)cc2)cc1. The molecule has 0 saturated carbocycles. The molecule has 16 rings (SSSR count). The summed E-state index contributed by atoms with van der Waals surface area (Å²) in [6.07, 6.45) is 3.50. The van der Waals surface area contributed by atoms with Crippen molar-refractivity contribution in [2.45, 2.75) is 24.7 Å². The molecule has 0 aromatic heterocycles. The number of nitrogens with zero attached hydrogens (tertiary/aromatic N) is 2. The first kappa shape index (κ1) is 64.0. The fourth-order valence-electron chi connectivity index (χ4n) is 15.1. The maximum atomic E-state index is 17.1. The van der Waals surface area contributed by atoms with E-state index in [1.54, 1.807) is 62.4 Å². The van der Waals surface area contributed by atoms with Crippen LogP contribution in [0.2, 0.25) is 0 Å². The van der Waals surface area contributed by atoms with E-state index in [1.807, 2.05) is 228 Å². The van der Waals surface area contributed by atoms with E-state index >= 15 is 26.3 Å². The lowest BCUT2D eigenvalue weighted by atomic mass is 9.67. The molecule has 2 aliphatic rings. The molecule has 2 aliphatic carbocycles. The summed E-state index contributed by atoms with van der Waals surface area (Å²) in [5.74, 6) is -1.49. The third-order valence-corrected chi connectivity index (χ3v) is 19.9. The Hall–Kier alpha value is -12.7. The van der Waals surface area contributed by atoms with Gasteiger partial charge in [0.25, 0.3) is 0 Å². The van der Waals surface area contributed by atoms with Crippen molar-refractivity contribution in [3.05, 3.63) is 418 Å². The highest BCUT2D eigenvalue weighted by molar-refractivity contribution is 5.92. The highest BCUT2D eigenvalue weighted by Crippen LogP contribution is 2.61. The molecule has 0 radical (unpaired) electrons. The van der Waals surface area contributed by atoms with Gasteiger partial charge in [-0.2, -0.15) is 0 Å². The van der Waals surface area contributed by atoms with Crippen LogP contribution in [-0.2, 0) is 10.8 Å². The highest BCUT2D eigenvalue weighted by atomic mass is 19.2. The van der Waals surface area contributed by atoms with Crippen LogP contribution >= 0.6 is 0 Å². The number of halogens is 6. The number of hydrogen-bond acceptors (Lipinski definition) is 4. The molecule has 102 heavy (non-hydrogen) atoms. The summed E-state index contributed by atoms with van der Waals surface area (Å²) in [4.78, 5) is 3.88. The summed E-state index contributed by atoms with van der Waals surface area (Å²) in [6, 6.07) is 90.5. The van der Waals surface area contributed by atoms with Crippen molar-refractivity contribution < 1.29 is 35.8 Å². The third-order valence-electron chi connectivity index (χ3n) is 19.9. The third kappa shape index (κ3) is 10.8. The van der Waals surface area contributed by atoms with E-state index in [-0.39, 0.29) is 11.1 Å². The van der Waals surface area contributed by atoms with Crippen LogP contribution in [0.15, 0.2) is 316 Å². The maximum Gasteiger partial charge on any atom is 0.130 e. The second-order valence-corrected chi connectivity index (χ2v) is 25.7. The minimum Gasteiger partial charge on any atom is -0.457 e. The predicted octanol–water partition coefficient (Wildman–Crippen LogP) is 25.3. The van der Waals surface area contributed by atoms with E-state index in [0.29, 0.717) is 102 Å². The monoisotopic (exact) mass is 1340 g/mol. The lowest BCUT2D eigenvalue weighted by Crippen LogP contribution is -2.31. The van der Waals surface area contributed by atoms with E-state index in [0.717, 1.165) is 44.5 Å². The first-order chi connectivity index (χ1) is 49.7. The Morgan fingerprint density at radius 1 is 0.284 bits per heavy atom. The molecule has 1 unspecified atom stereocenters. The molecule has 0 N–H and O–H groups in total. The average molecular weight is 1340 g/mol. The Bertz CT molecular complexity index is 5210. The number of benzene rings is 14. The van der Waals surface area contributed by atoms with Crippen LogP contribution in [0.4, 0.5) is 60.5 Å². The van der Waals surface area contributed by atoms with Crippen LogP contribution in [0.1, 0.15) is 66.8 Å². The van der Waals surface area contributed by atoms with E-state index in [4.69, 9.17) is 9.47 Å². The minimum atomic E-state index is -1.54. The highest BCUT2D eigenvalue weighted by Gasteiger charge is 2.51. The molecule has 0 saturated heterocycles. The zero-order chi connectivity index (χ0) is 70.0. The first-order valence-corrected chi connectivity index (χ1v) is 33.5. The van der Waals surface area contributed by atoms with Crippen LogP contribution in [0.3, 0.4) is 0 Å². The summed E-state index contributed by atoms with van der Waals surface area (Å²) in [7, 11) is 0. The van der Waals surface area contributed by atoms with Crippen molar-refractivity contribution in [2.75, 3.05) is 9.80 Å². The zero-order valence-electron chi connectivity index (χ0n) is 55.4. The standard InChI is InChI=1S/C92H62F6N2O2/c1-5-59-23-43-71(44-24-59)101-73-47-31-63(32-48-73)91(89-83(93)17-11-18-84(89)94)79-15-9-7-13-75(79)77-51-41-67(53-81(77)91)99(69-35-21-57(3)87(97)55-69)65-37-27-61(28-38-65)62-29-39-66(40-30-62)100(70-36-22-58(4)88(98)56-70)68-42-52-78-76-14-8-10-16-80(76)92(82(78)54-68,90-85(95)19-12-20-86(90)96)64-33-49-74(50-34-64)102-72-45-25-60(6-2)26-46-72/h5-56H,1-2H2,3-4H3/t91-,92?/m1/s1. The molecule has 2 atom stereocenters. The molecular formula is C92H62F6N2O2. The summed E-state index contributed by atoms with van der Waals surface area (Å²) < 4.78 is 113. The molecule has 0 fully saturated rings. The lowest BCUT2D eigenvalue weighted by Gasteiger charge is -2.35. The van der Waals surface area contributed by atoms with Crippen LogP contribution in [0.25, 0.3) is 45.5 Å². The van der Waals surface area contributed by atoms with Crippen molar-refractivity contribution >= 4 is 46.3 Å². The van der Waals surface area contributed by atoms with Crippen molar-refractivity contribution in [3.8, 4) is 56.4 Å². The van der Waals surface area contributed by atoms with Gasteiger partial charge in [0.15, 0.2) is 0 Å². The first-order valence-electron chi connectivity index (χ1n) is 33.5. The van der Waals surface area contributed by atoms with Gasteiger partial charge in [-0.3, -0.25) is 0 Å². The molecule has 0 spiro atoms. The topological polar surface area (TPSA) is 24.9 Å². The van der Waals surface area contributed by atoms with Gasteiger partial charge in [-0.05, 0) is 248 Å². The van der Waals surface area contributed by atoms with Gasteiger partial charge in [0.2, 0.25) is 0 Å². The van der Waals surface area contributed by atoms with Crippen molar-refractivity contribution in [1.29, 1.82) is 0 Å². The second kappa shape index (κ2) is 25.9. The number of fused-ring (bicyclic) bond motifs is 6. The smallest absolute Gasteiger partial charge is 0.130 e. The van der Waals surface area contributed by atoms with Crippen LogP contribution < -0.4 is 19.3 Å². The molecular weight excluding hydrogens is 1280 g/mol. The van der Waals surface area contributed by atoms with Gasteiger partial charge in [0.1, 0.15) is 57.9 Å². The summed E-state index contributed by atoms with van der Waals surface area (Å²) >= 11 is 0. The van der Waals surface area contributed by atoms with Gasteiger partial charge in [-0.1, -0.05) is 183 Å². The fraction of sp³-hybridized carbons (Fsp3) is 0.0435. The number of anilines is 6. The van der Waals surface area contributed by atoms with Crippen molar-refractivity contribution in [1.82, 2.24) is 0 Å². The summed E-state index contributed by atoms with van der Waals surface area (Å²) in [5, 5.41) is 0. The molecule has 14 aromatic rings. The minimum absolute atomic E-state index is 0.146. The Labute approximate surface area is 587 Å². The summed E-state index contributed by atoms with van der Waals surface area (Å²) in [5.41, 5.74) is 11.5. The van der Waals surface area contributed by atoms with Crippen LogP contribution in [0, 0.1) is 48.8 Å². The molecule has 14 aromatic carbocycles. The number of hydrogen-bond donors (Lipinski definition) is 0. The fourth-order valence-corrected chi connectivity index (χ4v) is 15.1. The van der Waals surface area contributed by atoms with Crippen LogP contribution in [0.5, 0.6) is 23.0 Å². The second-order valence-electron chi connectivity index (χ2n) is 25.7. The Morgan fingerprint density at radius 3 is 0.931 bits per heavy atom. The maximum absolute atomic E-state index is 17.1. The zero-order valence-corrected chi connectivity index (χ0v) is 55.4. The van der Waals surface area contributed by atoms with E-state index < -0.39 is 45.7 Å². The number of rotatable bonds is 17. The Kier molecular flexibility index (Phi) is 16.3. The molecule has 0 heterocycles. The van der Waals surface area contributed by atoms with E-state index in [9.17, 15) is 0 Å². The normalized spacial score (nSPS) is 14.6. The summed E-state index contributed by atoms with van der Waals surface area (Å²) in [6.45, 7) is 11.1. The van der Waals surface area contributed by atoms with Gasteiger partial charge in [-0.15, -0.1) is 0 Å². The molecule has 4 nitrogen and oxygen atoms in total. The van der Waals surface area contributed by atoms with Gasteiger partial charge in [0, 0.05) is 45.3 Å². The van der Waals surface area contributed by atoms with E-state index in [1.165, 1.54) is 48.5 Å². The van der Waals surface area contributed by atoms with Gasteiger partial charge < -0.3 is 19.3 Å². The van der Waals surface area contributed by atoms with Gasteiger partial charge in [-0.25, -0.2) is 26.3 Å². The molecule has 0 aliphatic heterocycles. The van der Waals surface area contributed by atoms with Crippen molar-refractivity contribution in [3.63, 3.8) is 0 Å². The van der Waals surface area contributed by atoms with Crippen LogP contribution in [-0.4, -0.2) is 0 Å². The molecule has 0 bridgehead atoms. The molecule has 10 heteroatoms. The average Bonchev–Trinajstić information content (AvgIpc) is 1.53. The van der Waals surface area contributed by atoms with Gasteiger partial charge >= 0.3 is 0 Å².